The third-order valence-corrected chi connectivity index (χ3v) is 8.41. The molecule has 0 saturated heterocycles. The van der Waals surface area contributed by atoms with Gasteiger partial charge in [-0.1, -0.05) is 22.9 Å². The molecule has 2 aromatic rings. The molecule has 14 heteroatoms. The first-order chi connectivity index (χ1) is 17.1. The largest absolute Gasteiger partial charge is 0.349 e. The number of likely N-dealkylation sites (N-methyl/N-ethyl adjacent to an activating group) is 1. The zero-order valence-electron chi connectivity index (χ0n) is 20.2. The van der Waals surface area contributed by atoms with Crippen molar-refractivity contribution in [2.75, 3.05) is 33.0 Å². The van der Waals surface area contributed by atoms with E-state index in [4.69, 9.17) is 11.6 Å². The van der Waals surface area contributed by atoms with Crippen LogP contribution in [0.5, 0.6) is 0 Å². The monoisotopic (exact) mass is 553 g/mol. The molecule has 0 aromatic carbocycles. The topological polar surface area (TPSA) is 137 Å². The highest BCUT2D eigenvalue weighted by Crippen LogP contribution is 2.28. The molecule has 0 radical (unpaired) electrons. The van der Waals surface area contributed by atoms with Crippen LogP contribution in [0.2, 0.25) is 4.34 Å². The molecule has 3 atom stereocenters. The van der Waals surface area contributed by atoms with E-state index in [1.807, 2.05) is 7.05 Å². The maximum Gasteiger partial charge on any atom is 0.315 e. The maximum absolute atomic E-state index is 13.1. The van der Waals surface area contributed by atoms with Crippen molar-refractivity contribution in [1.82, 2.24) is 30.4 Å². The summed E-state index contributed by atoms with van der Waals surface area (Å²) in [6.07, 6.45) is 3.46. The molecular weight excluding hydrogens is 526 g/mol. The van der Waals surface area contributed by atoms with Gasteiger partial charge in [-0.15, -0.1) is 11.3 Å². The average molecular weight is 554 g/mol. The van der Waals surface area contributed by atoms with Crippen LogP contribution in [0.3, 0.4) is 0 Å². The molecule has 194 valence electrons. The van der Waals surface area contributed by atoms with Crippen molar-refractivity contribution in [3.8, 4) is 0 Å². The number of amides is 4. The molecule has 1 aliphatic carbocycles. The summed E-state index contributed by atoms with van der Waals surface area (Å²) in [7, 11) is 5.41. The fourth-order valence-corrected chi connectivity index (χ4v) is 6.34. The Morgan fingerprint density at radius 1 is 1.11 bits per heavy atom. The van der Waals surface area contributed by atoms with Gasteiger partial charge in [0.15, 0.2) is 10.1 Å². The molecular formula is C22H28ClN7O4S2. The Morgan fingerprint density at radius 3 is 2.58 bits per heavy atom. The van der Waals surface area contributed by atoms with E-state index in [1.165, 1.54) is 22.4 Å². The van der Waals surface area contributed by atoms with E-state index >= 15 is 0 Å². The predicted octanol–water partition coefficient (Wildman–Crippen LogP) is 1.35. The van der Waals surface area contributed by atoms with Crippen LogP contribution < -0.4 is 16.0 Å². The Morgan fingerprint density at radius 2 is 1.89 bits per heavy atom. The van der Waals surface area contributed by atoms with Crippen molar-refractivity contribution in [3.05, 3.63) is 26.1 Å². The van der Waals surface area contributed by atoms with Crippen molar-refractivity contribution in [1.29, 1.82) is 0 Å². The van der Waals surface area contributed by atoms with Crippen LogP contribution in [-0.2, 0) is 27.3 Å². The molecule has 3 heterocycles. The SMILES string of the molecule is CN1CCc2nc(C(=O)N[C@@H]3C[C@@H](C(=O)N(C)C)CC[C@@H]3NC(=O)C(=O)Nc3ncc(Cl)s3)sc2C1. The standard InChI is InChI=1S/C22H28ClN7O4S2/c1-29(2)21(34)11-4-5-12(25-17(31)18(32)28-22-24-9-16(23)36-22)14(8-11)26-19(33)20-27-13-6-7-30(3)10-15(13)35-20/h9,11-12,14H,4-8,10H2,1-3H3,(H,25,31)(H,26,33)(H,24,28,32)/t11-,12-,14+/m0/s1. The molecule has 4 rings (SSSR count). The molecule has 0 unspecified atom stereocenters. The number of thiazole rings is 2. The number of carbonyl (C=O) groups excluding carboxylic acids is 4. The molecule has 0 bridgehead atoms. The van der Waals surface area contributed by atoms with Gasteiger partial charge in [0.05, 0.1) is 17.9 Å². The Kier molecular flexibility index (Phi) is 8.23. The zero-order valence-corrected chi connectivity index (χ0v) is 22.6. The Hall–Kier alpha value is -2.61. The van der Waals surface area contributed by atoms with Crippen LogP contribution in [0.4, 0.5) is 5.13 Å². The van der Waals surface area contributed by atoms with E-state index in [0.717, 1.165) is 41.4 Å². The lowest BCUT2D eigenvalue weighted by molar-refractivity contribution is -0.137. The first-order valence-corrected chi connectivity index (χ1v) is 13.5. The number of anilines is 1. The summed E-state index contributed by atoms with van der Waals surface area (Å²) in [6, 6.07) is -1.08. The number of nitrogens with zero attached hydrogens (tertiary/aromatic N) is 4. The van der Waals surface area contributed by atoms with Gasteiger partial charge in [-0.3, -0.25) is 24.5 Å². The van der Waals surface area contributed by atoms with E-state index in [2.05, 4.69) is 30.8 Å². The number of fused-ring (bicyclic) bond motifs is 1. The number of carbonyl (C=O) groups is 4. The zero-order chi connectivity index (χ0) is 26.0. The molecule has 36 heavy (non-hydrogen) atoms. The van der Waals surface area contributed by atoms with Gasteiger partial charge in [-0.25, -0.2) is 9.97 Å². The summed E-state index contributed by atoms with van der Waals surface area (Å²) in [6.45, 7) is 1.64. The summed E-state index contributed by atoms with van der Waals surface area (Å²) in [5, 5.41) is 8.69. The lowest BCUT2D eigenvalue weighted by atomic mass is 9.81. The highest BCUT2D eigenvalue weighted by Gasteiger charge is 2.37. The molecule has 1 aliphatic heterocycles. The van der Waals surface area contributed by atoms with Gasteiger partial charge in [0.25, 0.3) is 5.91 Å². The second-order valence-corrected chi connectivity index (χ2v) is 11.9. The van der Waals surface area contributed by atoms with Gasteiger partial charge in [-0.05, 0) is 26.3 Å². The number of hydrogen-bond donors (Lipinski definition) is 3. The smallest absolute Gasteiger partial charge is 0.315 e. The Balaban J connectivity index is 1.46. The van der Waals surface area contributed by atoms with Crippen molar-refractivity contribution in [2.24, 2.45) is 5.92 Å². The molecule has 0 spiro atoms. The van der Waals surface area contributed by atoms with Gasteiger partial charge in [-0.2, -0.15) is 0 Å². The van der Waals surface area contributed by atoms with Crippen LogP contribution >= 0.6 is 34.3 Å². The number of nitrogens with one attached hydrogen (secondary N) is 3. The molecule has 2 aliphatic rings. The van der Waals surface area contributed by atoms with Gasteiger partial charge < -0.3 is 20.4 Å². The Labute approximate surface area is 221 Å². The lowest BCUT2D eigenvalue weighted by Crippen LogP contribution is -2.57. The first-order valence-electron chi connectivity index (χ1n) is 11.5. The van der Waals surface area contributed by atoms with Crippen molar-refractivity contribution >= 4 is 63.0 Å². The minimum atomic E-state index is -0.880. The highest BCUT2D eigenvalue weighted by molar-refractivity contribution is 7.19. The van der Waals surface area contributed by atoms with E-state index in [9.17, 15) is 19.2 Å². The fraction of sp³-hybridized carbons (Fsp3) is 0.545. The molecule has 4 amide bonds. The van der Waals surface area contributed by atoms with Crippen molar-refractivity contribution < 1.29 is 19.2 Å². The predicted molar refractivity (Wildman–Crippen MR) is 137 cm³/mol. The minimum Gasteiger partial charge on any atom is -0.349 e. The second-order valence-electron chi connectivity index (χ2n) is 9.20. The summed E-state index contributed by atoms with van der Waals surface area (Å²) >= 11 is 8.23. The number of aromatic nitrogens is 2. The number of halogens is 1. The molecule has 1 fully saturated rings. The number of rotatable bonds is 5. The average Bonchev–Trinajstić information content (AvgIpc) is 3.44. The highest BCUT2D eigenvalue weighted by atomic mass is 35.5. The molecule has 11 nitrogen and oxygen atoms in total. The van der Waals surface area contributed by atoms with Gasteiger partial charge in [0.1, 0.15) is 4.34 Å². The molecule has 3 N–H and O–H groups in total. The van der Waals surface area contributed by atoms with E-state index in [1.54, 1.807) is 14.1 Å². The Bertz CT molecular complexity index is 1170. The van der Waals surface area contributed by atoms with Crippen molar-refractivity contribution in [3.63, 3.8) is 0 Å². The summed E-state index contributed by atoms with van der Waals surface area (Å²) < 4.78 is 0.382. The summed E-state index contributed by atoms with van der Waals surface area (Å²) in [5.74, 6) is -2.42. The van der Waals surface area contributed by atoms with Crippen molar-refractivity contribution in [2.45, 2.75) is 44.3 Å². The molecule has 1 saturated carbocycles. The number of hydrogen-bond acceptors (Lipinski definition) is 9. The minimum absolute atomic E-state index is 0.0369. The van der Waals surface area contributed by atoms with Crippen LogP contribution in [-0.4, -0.2) is 83.2 Å². The normalized spacial score (nSPS) is 21.8. The second kappa shape index (κ2) is 11.2. The lowest BCUT2D eigenvalue weighted by Gasteiger charge is -2.37. The molecule has 2 aromatic heterocycles. The van der Waals surface area contributed by atoms with E-state index < -0.39 is 23.9 Å². The van der Waals surface area contributed by atoms with E-state index in [-0.39, 0.29) is 22.9 Å². The van der Waals surface area contributed by atoms with Crippen LogP contribution in [0, 0.1) is 5.92 Å². The third kappa shape index (κ3) is 6.20. The van der Waals surface area contributed by atoms with Gasteiger partial charge >= 0.3 is 11.8 Å². The quantitative estimate of drug-likeness (QED) is 0.475. The first kappa shape index (κ1) is 26.5. The summed E-state index contributed by atoms with van der Waals surface area (Å²) in [4.78, 5) is 64.0. The summed E-state index contributed by atoms with van der Waals surface area (Å²) in [5.41, 5.74) is 0.941. The van der Waals surface area contributed by atoms with Crippen LogP contribution in [0.25, 0.3) is 0 Å². The van der Waals surface area contributed by atoms with Crippen LogP contribution in [0.15, 0.2) is 6.20 Å². The third-order valence-electron chi connectivity index (χ3n) is 6.29. The fourth-order valence-electron chi connectivity index (χ4n) is 4.44. The van der Waals surface area contributed by atoms with Gasteiger partial charge in [0, 0.05) is 50.4 Å². The van der Waals surface area contributed by atoms with E-state index in [0.29, 0.717) is 28.6 Å². The van der Waals surface area contributed by atoms with Crippen LogP contribution in [0.1, 0.15) is 39.6 Å². The van der Waals surface area contributed by atoms with Gasteiger partial charge in [0.2, 0.25) is 5.91 Å². The maximum atomic E-state index is 13.1.